The van der Waals surface area contributed by atoms with Crippen LogP contribution in [0.2, 0.25) is 0 Å². The summed E-state index contributed by atoms with van der Waals surface area (Å²) in [6.07, 6.45) is 0. The molecule has 2 nitrogen and oxygen atoms in total. The number of rotatable bonds is 1. The van der Waals surface area contributed by atoms with Crippen molar-refractivity contribution in [3.63, 3.8) is 0 Å². The Labute approximate surface area is 91.9 Å². The Morgan fingerprint density at radius 2 is 1.93 bits per heavy atom. The van der Waals surface area contributed by atoms with E-state index in [1.807, 2.05) is 0 Å². The van der Waals surface area contributed by atoms with Crippen molar-refractivity contribution >= 4 is 0 Å². The molecule has 1 aliphatic rings. The SMILES string of the molecule is CC(C)(C)c1cccc(C2(N)CNC2)c1. The molecule has 2 rings (SSSR count). The summed E-state index contributed by atoms with van der Waals surface area (Å²) in [7, 11) is 0. The predicted octanol–water partition coefficient (Wildman–Crippen LogP) is 1.74. The highest BCUT2D eigenvalue weighted by atomic mass is 15.1. The Morgan fingerprint density at radius 3 is 2.40 bits per heavy atom. The van der Waals surface area contributed by atoms with Crippen molar-refractivity contribution in [1.82, 2.24) is 5.32 Å². The first-order chi connectivity index (χ1) is 6.92. The summed E-state index contributed by atoms with van der Waals surface area (Å²) in [5.41, 5.74) is 8.95. The van der Waals surface area contributed by atoms with Gasteiger partial charge in [-0.1, -0.05) is 45.0 Å². The third kappa shape index (κ3) is 1.92. The van der Waals surface area contributed by atoms with Crippen LogP contribution in [0.4, 0.5) is 0 Å². The van der Waals surface area contributed by atoms with Gasteiger partial charge in [0, 0.05) is 13.1 Å². The Balaban J connectivity index is 2.35. The van der Waals surface area contributed by atoms with Crippen molar-refractivity contribution < 1.29 is 0 Å². The van der Waals surface area contributed by atoms with Crippen LogP contribution in [0.1, 0.15) is 31.9 Å². The molecule has 1 heterocycles. The fourth-order valence-electron chi connectivity index (χ4n) is 1.89. The van der Waals surface area contributed by atoms with Crippen LogP contribution >= 0.6 is 0 Å². The molecule has 0 aliphatic carbocycles. The van der Waals surface area contributed by atoms with E-state index < -0.39 is 0 Å². The van der Waals surface area contributed by atoms with E-state index in [2.05, 4.69) is 50.4 Å². The maximum absolute atomic E-state index is 6.27. The molecular weight excluding hydrogens is 184 g/mol. The van der Waals surface area contributed by atoms with E-state index in [9.17, 15) is 0 Å². The quantitative estimate of drug-likeness (QED) is 0.731. The Bertz CT molecular complexity index is 359. The molecule has 0 atom stereocenters. The first-order valence-corrected chi connectivity index (χ1v) is 5.52. The minimum Gasteiger partial charge on any atom is -0.319 e. The molecule has 0 bridgehead atoms. The fraction of sp³-hybridized carbons (Fsp3) is 0.538. The molecule has 2 heteroatoms. The molecule has 0 amide bonds. The molecule has 1 fully saturated rings. The predicted molar refractivity (Wildman–Crippen MR) is 63.9 cm³/mol. The Morgan fingerprint density at radius 1 is 1.27 bits per heavy atom. The van der Waals surface area contributed by atoms with Gasteiger partial charge in [0.15, 0.2) is 0 Å². The van der Waals surface area contributed by atoms with Crippen molar-refractivity contribution in [3.05, 3.63) is 35.4 Å². The molecule has 0 spiro atoms. The van der Waals surface area contributed by atoms with Gasteiger partial charge in [0.05, 0.1) is 5.54 Å². The van der Waals surface area contributed by atoms with Crippen LogP contribution in [0.25, 0.3) is 0 Å². The first kappa shape index (κ1) is 10.7. The molecule has 0 aromatic heterocycles. The van der Waals surface area contributed by atoms with Gasteiger partial charge in [0.25, 0.3) is 0 Å². The van der Waals surface area contributed by atoms with Crippen LogP contribution in [-0.2, 0) is 11.0 Å². The maximum Gasteiger partial charge on any atom is 0.0662 e. The summed E-state index contributed by atoms with van der Waals surface area (Å²) in [5, 5.41) is 3.23. The zero-order chi connectivity index (χ0) is 11.1. The van der Waals surface area contributed by atoms with E-state index >= 15 is 0 Å². The van der Waals surface area contributed by atoms with E-state index in [1.165, 1.54) is 11.1 Å². The average molecular weight is 204 g/mol. The summed E-state index contributed by atoms with van der Waals surface area (Å²) < 4.78 is 0. The van der Waals surface area contributed by atoms with Gasteiger partial charge in [-0.3, -0.25) is 0 Å². The molecule has 1 aromatic rings. The number of nitrogens with one attached hydrogen (secondary N) is 1. The van der Waals surface area contributed by atoms with E-state index in [-0.39, 0.29) is 11.0 Å². The smallest absolute Gasteiger partial charge is 0.0662 e. The second kappa shape index (κ2) is 3.32. The number of hydrogen-bond donors (Lipinski definition) is 2. The van der Waals surface area contributed by atoms with E-state index in [0.717, 1.165) is 13.1 Å². The normalized spacial score (nSPS) is 19.7. The first-order valence-electron chi connectivity index (χ1n) is 5.52. The minimum atomic E-state index is -0.138. The topological polar surface area (TPSA) is 38.0 Å². The van der Waals surface area contributed by atoms with Gasteiger partial charge >= 0.3 is 0 Å². The fourth-order valence-corrected chi connectivity index (χ4v) is 1.89. The van der Waals surface area contributed by atoms with Gasteiger partial charge in [-0.25, -0.2) is 0 Å². The maximum atomic E-state index is 6.27. The number of nitrogens with two attached hydrogens (primary N) is 1. The Kier molecular flexibility index (Phi) is 2.36. The summed E-state index contributed by atoms with van der Waals surface area (Å²) in [6.45, 7) is 8.47. The van der Waals surface area contributed by atoms with Crippen LogP contribution < -0.4 is 11.1 Å². The second-order valence-corrected chi connectivity index (χ2v) is 5.59. The molecule has 0 radical (unpaired) electrons. The lowest BCUT2D eigenvalue weighted by atomic mass is 9.80. The molecule has 82 valence electrons. The summed E-state index contributed by atoms with van der Waals surface area (Å²) in [5.74, 6) is 0. The van der Waals surface area contributed by atoms with Crippen LogP contribution in [0.3, 0.4) is 0 Å². The highest BCUT2D eigenvalue weighted by Crippen LogP contribution is 2.28. The van der Waals surface area contributed by atoms with Gasteiger partial charge in [-0.05, 0) is 16.5 Å². The number of benzene rings is 1. The third-order valence-corrected chi connectivity index (χ3v) is 3.18. The third-order valence-electron chi connectivity index (χ3n) is 3.18. The molecule has 1 saturated heterocycles. The van der Waals surface area contributed by atoms with Gasteiger partial charge in [0.1, 0.15) is 0 Å². The van der Waals surface area contributed by atoms with E-state index in [0.29, 0.717) is 0 Å². The zero-order valence-electron chi connectivity index (χ0n) is 9.80. The van der Waals surface area contributed by atoms with E-state index in [1.54, 1.807) is 0 Å². The standard InChI is InChI=1S/C13H20N2/c1-12(2,3)10-5-4-6-11(7-10)13(14)8-15-9-13/h4-7,15H,8-9,14H2,1-3H3. The lowest BCUT2D eigenvalue weighted by Gasteiger charge is -2.40. The molecule has 1 aliphatic heterocycles. The zero-order valence-corrected chi connectivity index (χ0v) is 9.80. The molecule has 3 N–H and O–H groups in total. The van der Waals surface area contributed by atoms with Gasteiger partial charge < -0.3 is 11.1 Å². The molecule has 1 aromatic carbocycles. The highest BCUT2D eigenvalue weighted by Gasteiger charge is 2.34. The molecule has 0 unspecified atom stereocenters. The van der Waals surface area contributed by atoms with Crippen LogP contribution in [0, 0.1) is 0 Å². The second-order valence-electron chi connectivity index (χ2n) is 5.59. The van der Waals surface area contributed by atoms with Crippen molar-refractivity contribution in [2.75, 3.05) is 13.1 Å². The summed E-state index contributed by atoms with van der Waals surface area (Å²) in [4.78, 5) is 0. The lowest BCUT2D eigenvalue weighted by molar-refractivity contribution is 0.286. The molecule has 0 saturated carbocycles. The van der Waals surface area contributed by atoms with Crippen molar-refractivity contribution in [1.29, 1.82) is 0 Å². The van der Waals surface area contributed by atoms with Gasteiger partial charge in [-0.15, -0.1) is 0 Å². The van der Waals surface area contributed by atoms with Crippen LogP contribution in [0.15, 0.2) is 24.3 Å². The molecular formula is C13H20N2. The lowest BCUT2D eigenvalue weighted by Crippen LogP contribution is -2.62. The van der Waals surface area contributed by atoms with Crippen molar-refractivity contribution in [2.45, 2.75) is 31.7 Å². The van der Waals surface area contributed by atoms with Crippen LogP contribution in [0.5, 0.6) is 0 Å². The minimum absolute atomic E-state index is 0.138. The Hall–Kier alpha value is -0.860. The molecule has 15 heavy (non-hydrogen) atoms. The van der Waals surface area contributed by atoms with Crippen molar-refractivity contribution in [3.8, 4) is 0 Å². The van der Waals surface area contributed by atoms with E-state index in [4.69, 9.17) is 5.73 Å². The largest absolute Gasteiger partial charge is 0.319 e. The highest BCUT2D eigenvalue weighted by molar-refractivity contribution is 5.35. The van der Waals surface area contributed by atoms with Gasteiger partial charge in [-0.2, -0.15) is 0 Å². The average Bonchev–Trinajstić information content (AvgIpc) is 2.13. The number of hydrogen-bond acceptors (Lipinski definition) is 2. The monoisotopic (exact) mass is 204 g/mol. The van der Waals surface area contributed by atoms with Crippen LogP contribution in [-0.4, -0.2) is 13.1 Å². The van der Waals surface area contributed by atoms with Gasteiger partial charge in [0.2, 0.25) is 0 Å². The van der Waals surface area contributed by atoms with Crippen molar-refractivity contribution in [2.24, 2.45) is 5.73 Å². The summed E-state index contributed by atoms with van der Waals surface area (Å²) >= 11 is 0. The summed E-state index contributed by atoms with van der Waals surface area (Å²) in [6, 6.07) is 8.68.